The highest BCUT2D eigenvalue weighted by atomic mass is 32.2. The van der Waals surface area contributed by atoms with Crippen LogP contribution in [0.4, 0.5) is 23.2 Å². The van der Waals surface area contributed by atoms with Crippen LogP contribution in [0.25, 0.3) is 0 Å². The smallest absolute Gasteiger partial charge is 0.368 e. The average Bonchev–Trinajstić information content (AvgIpc) is 2.79. The minimum Gasteiger partial charge on any atom is -0.368 e. The second kappa shape index (κ2) is 9.85. The molecule has 4 rings (SSSR count). The van der Waals surface area contributed by atoms with Gasteiger partial charge in [-0.1, -0.05) is 24.6 Å². The Morgan fingerprint density at radius 2 is 1.76 bits per heavy atom. The molecule has 186 valence electrons. The average molecular weight is 499 g/mol. The molecular weight excluding hydrogens is 468 g/mol. The van der Waals surface area contributed by atoms with Crippen LogP contribution in [0.1, 0.15) is 37.3 Å². The van der Waals surface area contributed by atoms with Gasteiger partial charge in [0.15, 0.2) is 9.84 Å². The van der Waals surface area contributed by atoms with Crippen molar-refractivity contribution in [2.45, 2.75) is 42.8 Å². The van der Waals surface area contributed by atoms with E-state index < -0.39 is 21.9 Å². The van der Waals surface area contributed by atoms with Gasteiger partial charge in [0.25, 0.3) is 0 Å². The molecule has 2 fully saturated rings. The van der Waals surface area contributed by atoms with Crippen molar-refractivity contribution >= 4 is 15.5 Å². The third-order valence-electron chi connectivity index (χ3n) is 7.10. The van der Waals surface area contributed by atoms with Crippen LogP contribution in [0, 0.1) is 17.7 Å². The topological polar surface area (TPSA) is 40.6 Å². The summed E-state index contributed by atoms with van der Waals surface area (Å²) in [5, 5.41) is 0. The molecule has 0 radical (unpaired) electrons. The van der Waals surface area contributed by atoms with Gasteiger partial charge in [0.2, 0.25) is 0 Å². The first kappa shape index (κ1) is 25.0. The lowest BCUT2D eigenvalue weighted by Gasteiger charge is -2.45. The SMILES string of the molecule is CS(=O)(=O)c1cccc(N2CCN(C[C@@H]3CCC[C@H](C(F)(F)F)C3)[C@@H](c3ccc(F)cc3)C2)c1. The van der Waals surface area contributed by atoms with Gasteiger partial charge in [0.05, 0.1) is 16.9 Å². The second-order valence-electron chi connectivity index (χ2n) is 9.55. The Balaban J connectivity index is 1.56. The monoisotopic (exact) mass is 498 g/mol. The van der Waals surface area contributed by atoms with E-state index in [-0.39, 0.29) is 35.5 Å². The number of sulfone groups is 1. The quantitative estimate of drug-likeness (QED) is 0.514. The first-order valence-corrected chi connectivity index (χ1v) is 13.5. The number of piperazine rings is 1. The Labute approximate surface area is 198 Å². The van der Waals surface area contributed by atoms with Gasteiger partial charge in [-0.25, -0.2) is 12.8 Å². The predicted octanol–water partition coefficient (Wildman–Crippen LogP) is 5.46. The Morgan fingerprint density at radius 3 is 2.44 bits per heavy atom. The number of halogens is 4. The van der Waals surface area contributed by atoms with Crippen LogP contribution in [-0.2, 0) is 9.84 Å². The summed E-state index contributed by atoms with van der Waals surface area (Å²) in [6.07, 6.45) is -1.28. The highest BCUT2D eigenvalue weighted by molar-refractivity contribution is 7.90. The molecule has 3 atom stereocenters. The molecular formula is C25H30F4N2O2S. The molecule has 0 amide bonds. The molecule has 0 spiro atoms. The molecule has 0 bridgehead atoms. The number of anilines is 1. The van der Waals surface area contributed by atoms with Gasteiger partial charge in [0, 0.05) is 38.1 Å². The fourth-order valence-electron chi connectivity index (χ4n) is 5.27. The number of nitrogens with zero attached hydrogens (tertiary/aromatic N) is 2. The summed E-state index contributed by atoms with van der Waals surface area (Å²) in [5.41, 5.74) is 1.68. The van der Waals surface area contributed by atoms with E-state index in [1.54, 1.807) is 30.3 Å². The predicted molar refractivity (Wildman–Crippen MR) is 124 cm³/mol. The lowest BCUT2D eigenvalue weighted by atomic mass is 9.80. The van der Waals surface area contributed by atoms with Crippen LogP contribution in [0.2, 0.25) is 0 Å². The second-order valence-corrected chi connectivity index (χ2v) is 11.6. The van der Waals surface area contributed by atoms with Crippen molar-refractivity contribution in [1.82, 2.24) is 4.90 Å². The van der Waals surface area contributed by atoms with Gasteiger partial charge >= 0.3 is 6.18 Å². The van der Waals surface area contributed by atoms with Gasteiger partial charge in [-0.2, -0.15) is 13.2 Å². The third-order valence-corrected chi connectivity index (χ3v) is 8.21. The van der Waals surface area contributed by atoms with Crippen LogP contribution >= 0.6 is 0 Å². The minimum absolute atomic E-state index is 0.0385. The van der Waals surface area contributed by atoms with E-state index in [1.807, 2.05) is 6.07 Å². The van der Waals surface area contributed by atoms with Crippen molar-refractivity contribution in [3.8, 4) is 0 Å². The maximum absolute atomic E-state index is 13.6. The van der Waals surface area contributed by atoms with Crippen LogP contribution in [0.3, 0.4) is 0 Å². The molecule has 9 heteroatoms. The molecule has 2 aromatic rings. The zero-order chi connectivity index (χ0) is 24.5. The largest absolute Gasteiger partial charge is 0.391 e. The molecule has 34 heavy (non-hydrogen) atoms. The molecule has 1 aliphatic heterocycles. The van der Waals surface area contributed by atoms with Crippen LogP contribution < -0.4 is 4.90 Å². The van der Waals surface area contributed by atoms with Crippen molar-refractivity contribution in [2.24, 2.45) is 11.8 Å². The molecule has 0 N–H and O–H groups in total. The summed E-state index contributed by atoms with van der Waals surface area (Å²) >= 11 is 0. The number of hydrogen-bond donors (Lipinski definition) is 0. The van der Waals surface area contributed by atoms with Crippen LogP contribution in [0.15, 0.2) is 53.4 Å². The van der Waals surface area contributed by atoms with Gasteiger partial charge in [-0.15, -0.1) is 0 Å². The van der Waals surface area contributed by atoms with E-state index >= 15 is 0 Å². The van der Waals surface area contributed by atoms with Crippen molar-refractivity contribution in [1.29, 1.82) is 0 Å². The molecule has 0 aromatic heterocycles. The highest BCUT2D eigenvalue weighted by Gasteiger charge is 2.43. The number of benzene rings is 2. The maximum Gasteiger partial charge on any atom is 0.391 e. The minimum atomic E-state index is -4.15. The standard InChI is InChI=1S/C25H30F4N2O2S/c1-34(32,33)23-7-3-6-22(15-23)30-12-13-31(24(17-30)19-8-10-21(26)11-9-19)16-18-4-2-5-20(14-18)25(27,28)29/h3,6-11,15,18,20,24H,2,4-5,12-14,16-17H2,1H3/t18-,20+,24-/m1/s1. The summed E-state index contributed by atoms with van der Waals surface area (Å²) < 4.78 is 77.6. The summed E-state index contributed by atoms with van der Waals surface area (Å²) in [5.74, 6) is -1.62. The fourth-order valence-corrected chi connectivity index (χ4v) is 5.93. The summed E-state index contributed by atoms with van der Waals surface area (Å²) in [6.45, 7) is 2.35. The number of alkyl halides is 3. The van der Waals surface area contributed by atoms with E-state index in [9.17, 15) is 26.0 Å². The van der Waals surface area contributed by atoms with E-state index in [4.69, 9.17) is 0 Å². The number of hydrogen-bond acceptors (Lipinski definition) is 4. The van der Waals surface area contributed by atoms with Crippen molar-refractivity contribution < 1.29 is 26.0 Å². The van der Waals surface area contributed by atoms with Gasteiger partial charge in [-0.3, -0.25) is 4.90 Å². The molecule has 1 aliphatic carbocycles. The molecule has 1 saturated heterocycles. The number of rotatable bonds is 5. The van der Waals surface area contributed by atoms with E-state index in [2.05, 4.69) is 9.80 Å². The van der Waals surface area contributed by atoms with Crippen molar-refractivity contribution in [3.05, 3.63) is 59.9 Å². The van der Waals surface area contributed by atoms with Crippen molar-refractivity contribution in [2.75, 3.05) is 37.3 Å². The van der Waals surface area contributed by atoms with E-state index in [0.717, 1.165) is 17.7 Å². The van der Waals surface area contributed by atoms with Gasteiger partial charge in [-0.05, 0) is 61.1 Å². The molecule has 2 aliphatic rings. The Morgan fingerprint density at radius 1 is 1.03 bits per heavy atom. The van der Waals surface area contributed by atoms with E-state index in [1.165, 1.54) is 18.4 Å². The van der Waals surface area contributed by atoms with Crippen LogP contribution in [0.5, 0.6) is 0 Å². The lowest BCUT2D eigenvalue weighted by Crippen LogP contribution is -2.50. The van der Waals surface area contributed by atoms with Crippen molar-refractivity contribution in [3.63, 3.8) is 0 Å². The Hall–Kier alpha value is -2.13. The summed E-state index contributed by atoms with van der Waals surface area (Å²) in [6, 6.07) is 12.9. The Bertz CT molecular complexity index is 1090. The third kappa shape index (κ3) is 5.92. The zero-order valence-corrected chi connectivity index (χ0v) is 20.0. The summed E-state index contributed by atoms with van der Waals surface area (Å²) in [4.78, 5) is 4.55. The van der Waals surface area contributed by atoms with Gasteiger partial charge in [0.1, 0.15) is 5.82 Å². The molecule has 0 unspecified atom stereocenters. The first-order chi connectivity index (χ1) is 16.0. The Kier molecular flexibility index (Phi) is 7.24. The molecule has 4 nitrogen and oxygen atoms in total. The lowest BCUT2D eigenvalue weighted by molar-refractivity contribution is -0.186. The normalized spacial score (nSPS) is 24.9. The molecule has 1 saturated carbocycles. The molecule has 1 heterocycles. The maximum atomic E-state index is 13.6. The van der Waals surface area contributed by atoms with Crippen LogP contribution in [-0.4, -0.2) is 51.9 Å². The zero-order valence-electron chi connectivity index (χ0n) is 19.1. The van der Waals surface area contributed by atoms with E-state index in [0.29, 0.717) is 32.6 Å². The molecule has 2 aromatic carbocycles. The fraction of sp³-hybridized carbons (Fsp3) is 0.520. The first-order valence-electron chi connectivity index (χ1n) is 11.6. The highest BCUT2D eigenvalue weighted by Crippen LogP contribution is 2.41. The summed E-state index contributed by atoms with van der Waals surface area (Å²) in [7, 11) is -3.35. The van der Waals surface area contributed by atoms with Gasteiger partial charge < -0.3 is 4.90 Å².